The Labute approximate surface area is 85.3 Å². The molecule has 1 heterocycles. The Morgan fingerprint density at radius 1 is 1.57 bits per heavy atom. The van der Waals surface area contributed by atoms with Crippen LogP contribution in [0.1, 0.15) is 30.1 Å². The molecule has 0 aliphatic rings. The Morgan fingerprint density at radius 3 is 3.00 bits per heavy atom. The van der Waals surface area contributed by atoms with E-state index in [-0.39, 0.29) is 6.04 Å². The fourth-order valence-corrected chi connectivity index (χ4v) is 1.36. The Morgan fingerprint density at radius 2 is 2.36 bits per heavy atom. The molecule has 0 fully saturated rings. The molecule has 0 amide bonds. The van der Waals surface area contributed by atoms with Crippen LogP contribution in [0.2, 0.25) is 0 Å². The largest absolute Gasteiger partial charge is 0.385 e. The van der Waals surface area contributed by atoms with E-state index >= 15 is 0 Å². The second kappa shape index (κ2) is 5.73. The van der Waals surface area contributed by atoms with Gasteiger partial charge in [-0.25, -0.2) is 0 Å². The number of pyridine rings is 1. The average molecular weight is 194 g/mol. The van der Waals surface area contributed by atoms with E-state index in [0.29, 0.717) is 0 Å². The molecule has 0 saturated heterocycles. The minimum Gasteiger partial charge on any atom is -0.385 e. The summed E-state index contributed by atoms with van der Waals surface area (Å²) in [6.45, 7) is 2.81. The van der Waals surface area contributed by atoms with Gasteiger partial charge in [-0.1, -0.05) is 0 Å². The van der Waals surface area contributed by atoms with Gasteiger partial charge in [-0.05, 0) is 37.5 Å². The fourth-order valence-electron chi connectivity index (χ4n) is 1.36. The third-order valence-electron chi connectivity index (χ3n) is 2.18. The zero-order valence-corrected chi connectivity index (χ0v) is 8.86. The number of aryl methyl sites for hydroxylation is 1. The first kappa shape index (κ1) is 11.1. The number of aromatic nitrogens is 1. The summed E-state index contributed by atoms with van der Waals surface area (Å²) < 4.78 is 4.98. The highest BCUT2D eigenvalue weighted by molar-refractivity contribution is 5.16. The summed E-state index contributed by atoms with van der Waals surface area (Å²) in [6.07, 6.45) is 3.71. The van der Waals surface area contributed by atoms with E-state index in [0.717, 1.165) is 25.1 Å². The van der Waals surface area contributed by atoms with Crippen LogP contribution in [0.25, 0.3) is 0 Å². The molecule has 1 unspecified atom stereocenters. The Hall–Kier alpha value is -0.930. The fraction of sp³-hybridized carbons (Fsp3) is 0.545. The molecule has 78 valence electrons. The number of hydrogen-bond donors (Lipinski definition) is 1. The van der Waals surface area contributed by atoms with Crippen LogP contribution in [0, 0.1) is 6.92 Å². The third-order valence-corrected chi connectivity index (χ3v) is 2.18. The summed E-state index contributed by atoms with van der Waals surface area (Å²) in [5, 5.41) is 0. The third kappa shape index (κ3) is 3.44. The molecule has 0 aliphatic carbocycles. The van der Waals surface area contributed by atoms with Gasteiger partial charge in [-0.2, -0.15) is 0 Å². The molecule has 0 aliphatic heterocycles. The van der Waals surface area contributed by atoms with Gasteiger partial charge in [0.25, 0.3) is 0 Å². The molecule has 3 nitrogen and oxygen atoms in total. The van der Waals surface area contributed by atoms with Crippen molar-refractivity contribution < 1.29 is 4.74 Å². The maximum atomic E-state index is 5.99. The summed E-state index contributed by atoms with van der Waals surface area (Å²) in [6, 6.07) is 4.05. The predicted octanol–water partition coefficient (Wildman–Crippen LogP) is 1.82. The van der Waals surface area contributed by atoms with Crippen LogP contribution in [0.5, 0.6) is 0 Å². The average Bonchev–Trinajstić information content (AvgIpc) is 2.18. The monoisotopic (exact) mass is 194 g/mol. The van der Waals surface area contributed by atoms with Crippen molar-refractivity contribution in [2.75, 3.05) is 13.7 Å². The lowest BCUT2D eigenvalue weighted by molar-refractivity contribution is 0.190. The molecule has 2 N–H and O–H groups in total. The van der Waals surface area contributed by atoms with Gasteiger partial charge in [0, 0.05) is 26.0 Å². The molecule has 1 rings (SSSR count). The minimum atomic E-state index is 0.0325. The Balaban J connectivity index is 2.47. The van der Waals surface area contributed by atoms with Crippen molar-refractivity contribution >= 4 is 0 Å². The van der Waals surface area contributed by atoms with Gasteiger partial charge >= 0.3 is 0 Å². The van der Waals surface area contributed by atoms with Crippen molar-refractivity contribution in [3.63, 3.8) is 0 Å². The van der Waals surface area contributed by atoms with Gasteiger partial charge in [-0.3, -0.25) is 4.98 Å². The zero-order valence-electron chi connectivity index (χ0n) is 8.86. The van der Waals surface area contributed by atoms with E-state index < -0.39 is 0 Å². The number of ether oxygens (including phenoxy) is 1. The molecule has 0 bridgehead atoms. The van der Waals surface area contributed by atoms with Crippen LogP contribution >= 0.6 is 0 Å². The zero-order chi connectivity index (χ0) is 10.4. The highest BCUT2D eigenvalue weighted by Gasteiger charge is 2.06. The lowest BCUT2D eigenvalue weighted by atomic mass is 10.1. The summed E-state index contributed by atoms with van der Waals surface area (Å²) in [7, 11) is 1.70. The number of methoxy groups -OCH3 is 1. The first-order valence-corrected chi connectivity index (χ1v) is 4.91. The van der Waals surface area contributed by atoms with Gasteiger partial charge < -0.3 is 10.5 Å². The second-order valence-corrected chi connectivity index (χ2v) is 3.50. The smallest absolute Gasteiger partial charge is 0.0573 e. The molecule has 0 spiro atoms. The molecule has 14 heavy (non-hydrogen) atoms. The maximum Gasteiger partial charge on any atom is 0.0573 e. The summed E-state index contributed by atoms with van der Waals surface area (Å²) in [4.78, 5) is 4.25. The first-order valence-electron chi connectivity index (χ1n) is 4.91. The minimum absolute atomic E-state index is 0.0325. The molecule has 1 aromatic heterocycles. The van der Waals surface area contributed by atoms with E-state index in [4.69, 9.17) is 10.5 Å². The molecular weight excluding hydrogens is 176 g/mol. The lowest BCUT2D eigenvalue weighted by Gasteiger charge is -2.10. The summed E-state index contributed by atoms with van der Waals surface area (Å²) in [5.74, 6) is 0. The normalized spacial score (nSPS) is 12.8. The molecule has 0 aromatic carbocycles. The first-order chi connectivity index (χ1) is 6.74. The Bertz CT molecular complexity index is 276. The number of nitrogens with zero attached hydrogens (tertiary/aromatic N) is 1. The summed E-state index contributed by atoms with van der Waals surface area (Å²) in [5.41, 5.74) is 8.17. The van der Waals surface area contributed by atoms with Crippen molar-refractivity contribution in [1.82, 2.24) is 4.98 Å². The van der Waals surface area contributed by atoms with Gasteiger partial charge in [0.05, 0.1) is 5.69 Å². The number of rotatable bonds is 5. The van der Waals surface area contributed by atoms with E-state index in [1.807, 2.05) is 19.1 Å². The van der Waals surface area contributed by atoms with Crippen LogP contribution in [-0.2, 0) is 4.74 Å². The predicted molar refractivity (Wildman–Crippen MR) is 57.0 cm³/mol. The van der Waals surface area contributed by atoms with Crippen molar-refractivity contribution in [2.45, 2.75) is 25.8 Å². The number of nitrogens with two attached hydrogens (primary N) is 1. The SMILES string of the molecule is COCCCC(N)c1cc(C)ccn1. The molecule has 1 atom stereocenters. The molecule has 3 heteroatoms. The maximum absolute atomic E-state index is 5.99. The highest BCUT2D eigenvalue weighted by Crippen LogP contribution is 2.13. The molecule has 0 radical (unpaired) electrons. The molecule has 0 saturated carbocycles. The van der Waals surface area contributed by atoms with E-state index in [1.165, 1.54) is 5.56 Å². The van der Waals surface area contributed by atoms with Crippen LogP contribution in [0.3, 0.4) is 0 Å². The molecule has 1 aromatic rings. The molecular formula is C11H18N2O. The van der Waals surface area contributed by atoms with Crippen molar-refractivity contribution in [3.05, 3.63) is 29.6 Å². The van der Waals surface area contributed by atoms with Crippen molar-refractivity contribution in [3.8, 4) is 0 Å². The van der Waals surface area contributed by atoms with Gasteiger partial charge in [0.1, 0.15) is 0 Å². The van der Waals surface area contributed by atoms with Gasteiger partial charge in [0.2, 0.25) is 0 Å². The van der Waals surface area contributed by atoms with Gasteiger partial charge in [0.15, 0.2) is 0 Å². The van der Waals surface area contributed by atoms with Crippen molar-refractivity contribution in [2.24, 2.45) is 5.73 Å². The standard InChI is InChI=1S/C11H18N2O/c1-9-5-6-13-11(8-9)10(12)4-3-7-14-2/h5-6,8,10H,3-4,7,12H2,1-2H3. The van der Waals surface area contributed by atoms with E-state index in [1.54, 1.807) is 13.3 Å². The number of hydrogen-bond acceptors (Lipinski definition) is 3. The summed E-state index contributed by atoms with van der Waals surface area (Å²) >= 11 is 0. The lowest BCUT2D eigenvalue weighted by Crippen LogP contribution is -2.12. The van der Waals surface area contributed by atoms with Gasteiger partial charge in [-0.15, -0.1) is 0 Å². The van der Waals surface area contributed by atoms with Crippen LogP contribution < -0.4 is 5.73 Å². The van der Waals surface area contributed by atoms with Crippen LogP contribution in [-0.4, -0.2) is 18.7 Å². The van der Waals surface area contributed by atoms with Crippen molar-refractivity contribution in [1.29, 1.82) is 0 Å². The van der Waals surface area contributed by atoms with Crippen LogP contribution in [0.15, 0.2) is 18.3 Å². The van der Waals surface area contributed by atoms with E-state index in [2.05, 4.69) is 4.98 Å². The quantitative estimate of drug-likeness (QED) is 0.727. The van der Waals surface area contributed by atoms with E-state index in [9.17, 15) is 0 Å². The van der Waals surface area contributed by atoms with Crippen LogP contribution in [0.4, 0.5) is 0 Å². The Kier molecular flexibility index (Phi) is 4.56. The second-order valence-electron chi connectivity index (χ2n) is 3.50. The topological polar surface area (TPSA) is 48.1 Å². The highest BCUT2D eigenvalue weighted by atomic mass is 16.5.